The Morgan fingerprint density at radius 3 is 2.45 bits per heavy atom. The summed E-state index contributed by atoms with van der Waals surface area (Å²) in [5.74, 6) is 0.490. The molecule has 116 valence electrons. The van der Waals surface area contributed by atoms with Gasteiger partial charge >= 0.3 is 0 Å². The number of piperazine rings is 1. The van der Waals surface area contributed by atoms with Crippen molar-refractivity contribution in [2.45, 2.75) is 38.7 Å². The van der Waals surface area contributed by atoms with Gasteiger partial charge in [-0.25, -0.2) is 0 Å². The summed E-state index contributed by atoms with van der Waals surface area (Å²) in [5, 5.41) is 0. The lowest BCUT2D eigenvalue weighted by Crippen LogP contribution is -2.49. The molecule has 1 saturated carbocycles. The molecule has 0 aromatic rings. The Labute approximate surface area is 122 Å². The Morgan fingerprint density at radius 2 is 1.80 bits per heavy atom. The van der Waals surface area contributed by atoms with E-state index in [-0.39, 0.29) is 5.91 Å². The number of primary amides is 1. The molecule has 2 rings (SSSR count). The monoisotopic (exact) mass is 283 g/mol. The number of nitrogens with two attached hydrogens (primary N) is 1. The van der Waals surface area contributed by atoms with Gasteiger partial charge in [0, 0.05) is 32.7 Å². The Hall–Kier alpha value is -0.650. The second-order valence-corrected chi connectivity index (χ2v) is 6.26. The van der Waals surface area contributed by atoms with Crippen LogP contribution >= 0.6 is 0 Å². The number of amides is 1. The van der Waals surface area contributed by atoms with Gasteiger partial charge in [0.05, 0.1) is 19.3 Å². The summed E-state index contributed by atoms with van der Waals surface area (Å²) in [6, 6.07) is 0. The van der Waals surface area contributed by atoms with Gasteiger partial charge in [-0.05, 0) is 18.8 Å². The summed E-state index contributed by atoms with van der Waals surface area (Å²) in [6.45, 7) is 8.44. The first kappa shape index (κ1) is 15.7. The normalized spacial score (nSPS) is 29.4. The van der Waals surface area contributed by atoms with E-state index in [4.69, 9.17) is 10.5 Å². The van der Waals surface area contributed by atoms with Crippen LogP contribution in [0.25, 0.3) is 0 Å². The highest BCUT2D eigenvalue weighted by molar-refractivity contribution is 5.75. The number of hydrogen-bond donors (Lipinski definition) is 1. The van der Waals surface area contributed by atoms with Crippen molar-refractivity contribution in [2.75, 3.05) is 45.9 Å². The van der Waals surface area contributed by atoms with E-state index in [2.05, 4.69) is 16.7 Å². The molecule has 20 heavy (non-hydrogen) atoms. The first-order valence-corrected chi connectivity index (χ1v) is 8.00. The number of ether oxygens (including phenoxy) is 1. The molecule has 1 heterocycles. The zero-order chi connectivity index (χ0) is 14.4. The third-order valence-electron chi connectivity index (χ3n) is 4.62. The fourth-order valence-electron chi connectivity index (χ4n) is 3.25. The molecule has 0 unspecified atom stereocenters. The van der Waals surface area contributed by atoms with Gasteiger partial charge in [-0.3, -0.25) is 14.6 Å². The molecule has 0 bridgehead atoms. The summed E-state index contributed by atoms with van der Waals surface area (Å²) >= 11 is 0. The van der Waals surface area contributed by atoms with Crippen molar-refractivity contribution in [1.29, 1.82) is 0 Å². The number of carbonyl (C=O) groups is 1. The summed E-state index contributed by atoms with van der Waals surface area (Å²) in [4.78, 5) is 15.4. The number of carbonyl (C=O) groups excluding carboxylic acids is 1. The lowest BCUT2D eigenvalue weighted by Gasteiger charge is -2.35. The van der Waals surface area contributed by atoms with Gasteiger partial charge in [0.15, 0.2) is 0 Å². The Morgan fingerprint density at radius 1 is 1.15 bits per heavy atom. The average molecular weight is 283 g/mol. The fraction of sp³-hybridized carbons (Fsp3) is 0.933. The van der Waals surface area contributed by atoms with Crippen molar-refractivity contribution in [3.05, 3.63) is 0 Å². The molecular formula is C15H29N3O2. The average Bonchev–Trinajstić information content (AvgIpc) is 2.42. The minimum atomic E-state index is -0.229. The van der Waals surface area contributed by atoms with Gasteiger partial charge in [-0.15, -0.1) is 0 Å². The molecule has 1 saturated heterocycles. The maximum absolute atomic E-state index is 10.9. The molecule has 2 atom stereocenters. The number of rotatable bonds is 6. The topological polar surface area (TPSA) is 58.8 Å². The molecular weight excluding hydrogens is 254 g/mol. The molecule has 1 aliphatic heterocycles. The summed E-state index contributed by atoms with van der Waals surface area (Å²) in [5.41, 5.74) is 5.22. The predicted octanol–water partition coefficient (Wildman–Crippen LogP) is 0.685. The zero-order valence-corrected chi connectivity index (χ0v) is 12.7. The second-order valence-electron chi connectivity index (χ2n) is 6.26. The third kappa shape index (κ3) is 5.04. The van der Waals surface area contributed by atoms with Crippen LogP contribution in [-0.4, -0.2) is 67.7 Å². The predicted molar refractivity (Wildman–Crippen MR) is 79.4 cm³/mol. The van der Waals surface area contributed by atoms with Gasteiger partial charge in [-0.1, -0.05) is 19.8 Å². The first-order chi connectivity index (χ1) is 9.65. The maximum Gasteiger partial charge on any atom is 0.231 e. The lowest BCUT2D eigenvalue weighted by atomic mass is 9.88. The van der Waals surface area contributed by atoms with E-state index >= 15 is 0 Å². The van der Waals surface area contributed by atoms with Crippen LogP contribution in [0.15, 0.2) is 0 Å². The lowest BCUT2D eigenvalue weighted by molar-refractivity contribution is -0.119. The van der Waals surface area contributed by atoms with Gasteiger partial charge in [0.1, 0.15) is 0 Å². The van der Waals surface area contributed by atoms with E-state index in [0.29, 0.717) is 12.6 Å². The molecule has 0 radical (unpaired) electrons. The van der Waals surface area contributed by atoms with Gasteiger partial charge in [-0.2, -0.15) is 0 Å². The second kappa shape index (κ2) is 7.96. The van der Waals surface area contributed by atoms with Crippen LogP contribution in [0.3, 0.4) is 0 Å². The third-order valence-corrected chi connectivity index (χ3v) is 4.62. The minimum Gasteiger partial charge on any atom is -0.377 e. The van der Waals surface area contributed by atoms with Crippen LogP contribution in [0.2, 0.25) is 0 Å². The summed E-state index contributed by atoms with van der Waals surface area (Å²) in [7, 11) is 0. The molecule has 0 aromatic carbocycles. The van der Waals surface area contributed by atoms with E-state index in [1.807, 2.05) is 0 Å². The SMILES string of the molecule is C[C@@H]1CCCC[C@@H]1OCCN1CCN(CC(N)=O)CC1. The van der Waals surface area contributed by atoms with Crippen molar-refractivity contribution in [3.8, 4) is 0 Å². The van der Waals surface area contributed by atoms with Crippen molar-refractivity contribution < 1.29 is 9.53 Å². The van der Waals surface area contributed by atoms with Gasteiger partial charge < -0.3 is 10.5 Å². The standard InChI is InChI=1S/C15H29N3O2/c1-13-4-2-3-5-14(13)20-11-10-17-6-8-18(9-7-17)12-15(16)19/h13-14H,2-12H2,1H3,(H2,16,19)/t13-,14+/m1/s1. The molecule has 1 aliphatic carbocycles. The van der Waals surface area contributed by atoms with Gasteiger partial charge in [0.2, 0.25) is 5.91 Å². The van der Waals surface area contributed by atoms with Crippen LogP contribution < -0.4 is 5.73 Å². The number of hydrogen-bond acceptors (Lipinski definition) is 4. The highest BCUT2D eigenvalue weighted by Gasteiger charge is 2.22. The van der Waals surface area contributed by atoms with Crippen LogP contribution in [0.1, 0.15) is 32.6 Å². The largest absolute Gasteiger partial charge is 0.377 e. The quantitative estimate of drug-likeness (QED) is 0.779. The van der Waals surface area contributed by atoms with Crippen molar-refractivity contribution in [3.63, 3.8) is 0 Å². The van der Waals surface area contributed by atoms with E-state index in [0.717, 1.165) is 45.2 Å². The highest BCUT2D eigenvalue weighted by Crippen LogP contribution is 2.26. The minimum absolute atomic E-state index is 0.229. The van der Waals surface area contributed by atoms with Crippen molar-refractivity contribution >= 4 is 5.91 Å². The molecule has 0 spiro atoms. The molecule has 1 amide bonds. The van der Waals surface area contributed by atoms with E-state index in [9.17, 15) is 4.79 Å². The van der Waals surface area contributed by atoms with Crippen LogP contribution in [0.4, 0.5) is 0 Å². The highest BCUT2D eigenvalue weighted by atomic mass is 16.5. The Bertz CT molecular complexity index is 303. The van der Waals surface area contributed by atoms with Crippen molar-refractivity contribution in [1.82, 2.24) is 9.80 Å². The molecule has 0 aromatic heterocycles. The van der Waals surface area contributed by atoms with E-state index < -0.39 is 0 Å². The maximum atomic E-state index is 10.9. The fourth-order valence-corrected chi connectivity index (χ4v) is 3.25. The molecule has 5 heteroatoms. The Balaban J connectivity index is 1.58. The van der Waals surface area contributed by atoms with Gasteiger partial charge in [0.25, 0.3) is 0 Å². The number of nitrogens with zero attached hydrogens (tertiary/aromatic N) is 2. The zero-order valence-electron chi connectivity index (χ0n) is 12.7. The summed E-state index contributed by atoms with van der Waals surface area (Å²) < 4.78 is 6.06. The van der Waals surface area contributed by atoms with Crippen LogP contribution in [0.5, 0.6) is 0 Å². The Kier molecular flexibility index (Phi) is 6.26. The smallest absolute Gasteiger partial charge is 0.231 e. The van der Waals surface area contributed by atoms with E-state index in [1.165, 1.54) is 25.7 Å². The molecule has 2 aliphatic rings. The molecule has 5 nitrogen and oxygen atoms in total. The van der Waals surface area contributed by atoms with Crippen LogP contribution in [-0.2, 0) is 9.53 Å². The van der Waals surface area contributed by atoms with E-state index in [1.54, 1.807) is 0 Å². The summed E-state index contributed by atoms with van der Waals surface area (Å²) in [6.07, 6.45) is 5.70. The first-order valence-electron chi connectivity index (χ1n) is 8.00. The van der Waals surface area contributed by atoms with Crippen molar-refractivity contribution in [2.24, 2.45) is 11.7 Å². The molecule has 2 N–H and O–H groups in total. The molecule has 2 fully saturated rings. The van der Waals surface area contributed by atoms with Crippen LogP contribution in [0, 0.1) is 5.92 Å².